The smallest absolute Gasteiger partial charge is 0.143 e. The van der Waals surface area contributed by atoms with Gasteiger partial charge in [0.05, 0.1) is 11.4 Å². The van der Waals surface area contributed by atoms with Crippen LogP contribution >= 0.6 is 11.8 Å². The van der Waals surface area contributed by atoms with E-state index in [1.165, 1.54) is 32.1 Å². The van der Waals surface area contributed by atoms with E-state index >= 15 is 0 Å². The Morgan fingerprint density at radius 1 is 1.25 bits per heavy atom. The lowest BCUT2D eigenvalue weighted by molar-refractivity contribution is 0.515. The highest BCUT2D eigenvalue weighted by Gasteiger charge is 2.19. The van der Waals surface area contributed by atoms with E-state index in [0.717, 1.165) is 22.5 Å². The Balaban J connectivity index is 2.06. The van der Waals surface area contributed by atoms with E-state index in [4.69, 9.17) is 10.8 Å². The summed E-state index contributed by atoms with van der Waals surface area (Å²) in [5.41, 5.74) is 3.71. The molecule has 1 aromatic heterocycles. The van der Waals surface area contributed by atoms with Gasteiger partial charge < -0.3 is 5.43 Å². The molecule has 112 valence electrons. The third-order valence-electron chi connectivity index (χ3n) is 3.69. The molecule has 0 aliphatic heterocycles. The highest BCUT2D eigenvalue weighted by atomic mass is 32.2. The Morgan fingerprint density at radius 2 is 1.95 bits per heavy atom. The fourth-order valence-electron chi connectivity index (χ4n) is 2.44. The van der Waals surface area contributed by atoms with Gasteiger partial charge in [0, 0.05) is 16.7 Å². The Morgan fingerprint density at radius 3 is 2.55 bits per heavy atom. The standard InChI is InChI=1S/C15H26N4S/c1-15(2,3)12-9-13(19-16)18-14(17-12)10-20-11-7-5-4-6-8-11/h9,11H,4-8,10,16H2,1-3H3,(H,17,18,19). The number of nitrogens with zero attached hydrogens (tertiary/aromatic N) is 2. The predicted octanol–water partition coefficient (Wildman–Crippen LogP) is 3.63. The van der Waals surface area contributed by atoms with Crippen LogP contribution in [0.25, 0.3) is 0 Å². The van der Waals surface area contributed by atoms with Crippen molar-refractivity contribution in [3.63, 3.8) is 0 Å². The van der Waals surface area contributed by atoms with Crippen molar-refractivity contribution >= 4 is 17.6 Å². The van der Waals surface area contributed by atoms with Crippen molar-refractivity contribution in [1.29, 1.82) is 0 Å². The zero-order chi connectivity index (χ0) is 14.6. The highest BCUT2D eigenvalue weighted by molar-refractivity contribution is 7.99. The van der Waals surface area contributed by atoms with Crippen molar-refractivity contribution in [1.82, 2.24) is 9.97 Å². The van der Waals surface area contributed by atoms with Crippen molar-refractivity contribution < 1.29 is 0 Å². The second kappa shape index (κ2) is 6.76. The van der Waals surface area contributed by atoms with Crippen LogP contribution in [0.1, 0.15) is 64.4 Å². The van der Waals surface area contributed by atoms with E-state index in [2.05, 4.69) is 31.2 Å². The second-order valence-corrected chi connectivity index (χ2v) is 7.81. The van der Waals surface area contributed by atoms with Gasteiger partial charge in [0.25, 0.3) is 0 Å². The molecule has 2 rings (SSSR count). The van der Waals surface area contributed by atoms with E-state index < -0.39 is 0 Å². The topological polar surface area (TPSA) is 63.8 Å². The Kier molecular flexibility index (Phi) is 5.27. The molecule has 3 N–H and O–H groups in total. The summed E-state index contributed by atoms with van der Waals surface area (Å²) in [6.07, 6.45) is 6.82. The van der Waals surface area contributed by atoms with Gasteiger partial charge in [-0.2, -0.15) is 11.8 Å². The molecule has 1 saturated carbocycles. The lowest BCUT2D eigenvalue weighted by Crippen LogP contribution is -2.18. The number of hydrogen-bond donors (Lipinski definition) is 2. The van der Waals surface area contributed by atoms with Gasteiger partial charge in [0.15, 0.2) is 0 Å². The third kappa shape index (κ3) is 4.35. The molecule has 1 aromatic rings. The average molecular weight is 294 g/mol. The second-order valence-electron chi connectivity index (χ2n) is 6.52. The molecule has 1 aliphatic rings. The molecular weight excluding hydrogens is 268 g/mol. The maximum atomic E-state index is 5.52. The number of thioether (sulfide) groups is 1. The predicted molar refractivity (Wildman–Crippen MR) is 86.7 cm³/mol. The van der Waals surface area contributed by atoms with Crippen molar-refractivity contribution in [3.05, 3.63) is 17.6 Å². The molecule has 0 amide bonds. The van der Waals surface area contributed by atoms with Gasteiger partial charge in [0.2, 0.25) is 0 Å². The first-order chi connectivity index (χ1) is 9.49. The summed E-state index contributed by atoms with van der Waals surface area (Å²) in [5.74, 6) is 8.00. The first kappa shape index (κ1) is 15.6. The fraction of sp³-hybridized carbons (Fsp3) is 0.733. The van der Waals surface area contributed by atoms with Crippen LogP contribution in [0.15, 0.2) is 6.07 Å². The molecule has 0 radical (unpaired) electrons. The van der Waals surface area contributed by atoms with E-state index in [1.54, 1.807) is 0 Å². The van der Waals surface area contributed by atoms with Gasteiger partial charge in [-0.1, -0.05) is 40.0 Å². The highest BCUT2D eigenvalue weighted by Crippen LogP contribution is 2.30. The summed E-state index contributed by atoms with van der Waals surface area (Å²) in [6.45, 7) is 6.48. The lowest BCUT2D eigenvalue weighted by Gasteiger charge is -2.22. The quantitative estimate of drug-likeness (QED) is 0.656. The van der Waals surface area contributed by atoms with Crippen molar-refractivity contribution in [2.75, 3.05) is 5.43 Å². The molecule has 1 fully saturated rings. The molecule has 1 aliphatic carbocycles. The lowest BCUT2D eigenvalue weighted by atomic mass is 9.92. The molecule has 0 bridgehead atoms. The molecule has 0 spiro atoms. The molecule has 5 heteroatoms. The van der Waals surface area contributed by atoms with E-state index in [-0.39, 0.29) is 5.41 Å². The maximum absolute atomic E-state index is 5.52. The van der Waals surface area contributed by atoms with Crippen LogP contribution < -0.4 is 11.3 Å². The number of nitrogen functional groups attached to an aromatic ring is 1. The van der Waals surface area contributed by atoms with Gasteiger partial charge in [-0.15, -0.1) is 0 Å². The number of aromatic nitrogens is 2. The molecule has 0 aromatic carbocycles. The summed E-state index contributed by atoms with van der Waals surface area (Å²) in [5, 5.41) is 0.778. The van der Waals surface area contributed by atoms with Gasteiger partial charge >= 0.3 is 0 Å². The van der Waals surface area contributed by atoms with Gasteiger partial charge in [-0.3, -0.25) is 0 Å². The van der Waals surface area contributed by atoms with Crippen LogP contribution in [-0.4, -0.2) is 15.2 Å². The average Bonchev–Trinajstić information content (AvgIpc) is 2.45. The molecule has 20 heavy (non-hydrogen) atoms. The summed E-state index contributed by atoms with van der Waals surface area (Å²) < 4.78 is 0. The van der Waals surface area contributed by atoms with E-state index in [9.17, 15) is 0 Å². The van der Waals surface area contributed by atoms with Crippen LogP contribution in [0, 0.1) is 0 Å². The van der Waals surface area contributed by atoms with Crippen molar-refractivity contribution in [3.8, 4) is 0 Å². The summed E-state index contributed by atoms with van der Waals surface area (Å²) >= 11 is 2.00. The molecular formula is C15H26N4S. The van der Waals surface area contributed by atoms with Gasteiger partial charge in [-0.25, -0.2) is 15.8 Å². The number of rotatable bonds is 4. The molecule has 0 unspecified atom stereocenters. The largest absolute Gasteiger partial charge is 0.308 e. The third-order valence-corrected chi connectivity index (χ3v) is 5.06. The number of hydrazine groups is 1. The fourth-order valence-corrected chi connectivity index (χ4v) is 3.62. The Labute approximate surface area is 126 Å². The minimum absolute atomic E-state index is 0.0127. The van der Waals surface area contributed by atoms with Crippen LogP contribution in [-0.2, 0) is 11.2 Å². The zero-order valence-corrected chi connectivity index (χ0v) is 13.6. The monoisotopic (exact) mass is 294 g/mol. The molecule has 0 saturated heterocycles. The van der Waals surface area contributed by atoms with Crippen LogP contribution in [0.3, 0.4) is 0 Å². The van der Waals surface area contributed by atoms with E-state index in [0.29, 0.717) is 5.82 Å². The van der Waals surface area contributed by atoms with Crippen LogP contribution in [0.2, 0.25) is 0 Å². The first-order valence-corrected chi connectivity index (χ1v) is 8.50. The van der Waals surface area contributed by atoms with E-state index in [1.807, 2.05) is 17.8 Å². The minimum atomic E-state index is 0.0127. The number of nitrogens with one attached hydrogen (secondary N) is 1. The summed E-state index contributed by atoms with van der Waals surface area (Å²) in [6, 6.07) is 1.94. The normalized spacial score (nSPS) is 17.2. The van der Waals surface area contributed by atoms with Crippen LogP contribution in [0.4, 0.5) is 5.82 Å². The molecule has 0 atom stereocenters. The number of hydrogen-bond acceptors (Lipinski definition) is 5. The van der Waals surface area contributed by atoms with Crippen molar-refractivity contribution in [2.45, 2.75) is 69.3 Å². The molecule has 4 nitrogen and oxygen atoms in total. The van der Waals surface area contributed by atoms with Gasteiger partial charge in [-0.05, 0) is 12.8 Å². The number of anilines is 1. The first-order valence-electron chi connectivity index (χ1n) is 7.45. The minimum Gasteiger partial charge on any atom is -0.308 e. The zero-order valence-electron chi connectivity index (χ0n) is 12.8. The Hall–Kier alpha value is -0.810. The maximum Gasteiger partial charge on any atom is 0.143 e. The van der Waals surface area contributed by atoms with Crippen molar-refractivity contribution in [2.24, 2.45) is 5.84 Å². The van der Waals surface area contributed by atoms with Crippen LogP contribution in [0.5, 0.6) is 0 Å². The Bertz CT molecular complexity index is 436. The van der Waals surface area contributed by atoms with Gasteiger partial charge in [0.1, 0.15) is 11.6 Å². The molecule has 1 heterocycles. The summed E-state index contributed by atoms with van der Waals surface area (Å²) in [7, 11) is 0. The number of nitrogens with two attached hydrogens (primary N) is 1. The SMILES string of the molecule is CC(C)(C)c1cc(NN)nc(CSC2CCCCC2)n1. The summed E-state index contributed by atoms with van der Waals surface area (Å²) in [4.78, 5) is 9.19.